The molecule has 0 amide bonds. The van der Waals surface area contributed by atoms with E-state index in [0.717, 1.165) is 29.8 Å². The Hall–Kier alpha value is -0.730. The van der Waals surface area contributed by atoms with Crippen LogP contribution in [-0.2, 0) is 0 Å². The predicted octanol–water partition coefficient (Wildman–Crippen LogP) is 3.09. The van der Waals surface area contributed by atoms with Crippen LogP contribution in [0.5, 0.6) is 5.75 Å². The second-order valence-corrected chi connectivity index (χ2v) is 4.89. The molecule has 88 valence electrons. The highest BCUT2D eigenvalue weighted by Crippen LogP contribution is 2.33. The van der Waals surface area contributed by atoms with Crippen molar-refractivity contribution >= 4 is 11.6 Å². The standard InChI is InChI=1S/C13H18ClNO/c14-12-4-6-13(7-5-12)16-9-11(8-15)10-2-1-3-10/h4-7,10-11H,1-3,8-9,15H2. The van der Waals surface area contributed by atoms with Gasteiger partial charge >= 0.3 is 0 Å². The summed E-state index contributed by atoms with van der Waals surface area (Å²) in [6.07, 6.45) is 3.97. The lowest BCUT2D eigenvalue weighted by Crippen LogP contribution is -2.32. The van der Waals surface area contributed by atoms with Crippen molar-refractivity contribution in [3.8, 4) is 5.75 Å². The summed E-state index contributed by atoms with van der Waals surface area (Å²) < 4.78 is 5.73. The lowest BCUT2D eigenvalue weighted by molar-refractivity contribution is 0.142. The molecule has 1 saturated carbocycles. The quantitative estimate of drug-likeness (QED) is 0.857. The Morgan fingerprint density at radius 2 is 2.00 bits per heavy atom. The largest absolute Gasteiger partial charge is 0.493 e. The molecule has 2 nitrogen and oxygen atoms in total. The number of rotatable bonds is 5. The van der Waals surface area contributed by atoms with Crippen LogP contribution in [0.1, 0.15) is 19.3 Å². The topological polar surface area (TPSA) is 35.2 Å². The van der Waals surface area contributed by atoms with E-state index in [1.807, 2.05) is 24.3 Å². The molecule has 1 unspecified atom stereocenters. The van der Waals surface area contributed by atoms with Gasteiger partial charge in [0, 0.05) is 10.9 Å². The van der Waals surface area contributed by atoms with Crippen LogP contribution in [-0.4, -0.2) is 13.2 Å². The molecular formula is C13H18ClNO. The second-order valence-electron chi connectivity index (χ2n) is 4.45. The SMILES string of the molecule is NCC(COc1ccc(Cl)cc1)C1CCC1. The normalized spacial score (nSPS) is 17.9. The Morgan fingerprint density at radius 3 is 2.50 bits per heavy atom. The molecule has 0 bridgehead atoms. The number of ether oxygens (including phenoxy) is 1. The van der Waals surface area contributed by atoms with E-state index in [0.29, 0.717) is 5.92 Å². The molecule has 1 aliphatic carbocycles. The molecule has 1 atom stereocenters. The van der Waals surface area contributed by atoms with Crippen LogP contribution in [0.2, 0.25) is 5.02 Å². The van der Waals surface area contributed by atoms with E-state index in [9.17, 15) is 0 Å². The summed E-state index contributed by atoms with van der Waals surface area (Å²) in [4.78, 5) is 0. The molecule has 0 spiro atoms. The summed E-state index contributed by atoms with van der Waals surface area (Å²) in [6.45, 7) is 1.45. The summed E-state index contributed by atoms with van der Waals surface area (Å²) in [7, 11) is 0. The second kappa shape index (κ2) is 5.55. The average Bonchev–Trinajstić information content (AvgIpc) is 2.23. The van der Waals surface area contributed by atoms with E-state index in [1.165, 1.54) is 19.3 Å². The van der Waals surface area contributed by atoms with Gasteiger partial charge in [-0.05, 0) is 49.6 Å². The van der Waals surface area contributed by atoms with Crippen molar-refractivity contribution in [2.45, 2.75) is 19.3 Å². The Balaban J connectivity index is 1.83. The van der Waals surface area contributed by atoms with Gasteiger partial charge in [-0.1, -0.05) is 18.0 Å². The Morgan fingerprint density at radius 1 is 1.31 bits per heavy atom. The van der Waals surface area contributed by atoms with Gasteiger partial charge in [0.25, 0.3) is 0 Å². The molecule has 0 saturated heterocycles. The molecule has 2 N–H and O–H groups in total. The molecule has 2 rings (SSSR count). The Bertz CT molecular complexity index is 321. The number of hydrogen-bond donors (Lipinski definition) is 1. The van der Waals surface area contributed by atoms with E-state index >= 15 is 0 Å². The van der Waals surface area contributed by atoms with E-state index < -0.39 is 0 Å². The van der Waals surface area contributed by atoms with E-state index in [-0.39, 0.29) is 0 Å². The predicted molar refractivity (Wildman–Crippen MR) is 66.8 cm³/mol. The van der Waals surface area contributed by atoms with Crippen molar-refractivity contribution in [1.29, 1.82) is 0 Å². The molecule has 0 aliphatic heterocycles. The van der Waals surface area contributed by atoms with Gasteiger partial charge in [-0.25, -0.2) is 0 Å². The van der Waals surface area contributed by atoms with Gasteiger partial charge in [0.2, 0.25) is 0 Å². The van der Waals surface area contributed by atoms with Crippen LogP contribution >= 0.6 is 11.6 Å². The molecule has 1 fully saturated rings. The van der Waals surface area contributed by atoms with Crippen molar-refractivity contribution in [3.05, 3.63) is 29.3 Å². The molecule has 1 aliphatic rings. The van der Waals surface area contributed by atoms with E-state index in [4.69, 9.17) is 22.1 Å². The third-order valence-electron chi connectivity index (χ3n) is 3.40. The van der Waals surface area contributed by atoms with Crippen LogP contribution < -0.4 is 10.5 Å². The van der Waals surface area contributed by atoms with Crippen LogP contribution in [0.4, 0.5) is 0 Å². The van der Waals surface area contributed by atoms with Crippen molar-refractivity contribution in [2.75, 3.05) is 13.2 Å². The fraction of sp³-hybridized carbons (Fsp3) is 0.538. The Kier molecular flexibility index (Phi) is 4.08. The minimum absolute atomic E-state index is 0.504. The van der Waals surface area contributed by atoms with Gasteiger partial charge < -0.3 is 10.5 Å². The third-order valence-corrected chi connectivity index (χ3v) is 3.65. The fourth-order valence-electron chi connectivity index (χ4n) is 2.04. The fourth-order valence-corrected chi connectivity index (χ4v) is 2.17. The maximum atomic E-state index is 5.81. The number of nitrogens with two attached hydrogens (primary N) is 1. The maximum absolute atomic E-state index is 5.81. The highest BCUT2D eigenvalue weighted by molar-refractivity contribution is 6.30. The lowest BCUT2D eigenvalue weighted by atomic mass is 9.76. The number of halogens is 1. The first-order chi connectivity index (χ1) is 7.79. The molecule has 0 aromatic heterocycles. The summed E-state index contributed by atoms with van der Waals surface area (Å²) in [5, 5.41) is 0.738. The molecular weight excluding hydrogens is 222 g/mol. The molecule has 1 aromatic carbocycles. The van der Waals surface area contributed by atoms with Gasteiger partial charge in [-0.2, -0.15) is 0 Å². The zero-order valence-electron chi connectivity index (χ0n) is 9.36. The van der Waals surface area contributed by atoms with E-state index in [1.54, 1.807) is 0 Å². The van der Waals surface area contributed by atoms with Crippen molar-refractivity contribution < 1.29 is 4.74 Å². The van der Waals surface area contributed by atoms with Gasteiger partial charge in [0.1, 0.15) is 5.75 Å². The molecule has 0 radical (unpaired) electrons. The lowest BCUT2D eigenvalue weighted by Gasteiger charge is -2.32. The smallest absolute Gasteiger partial charge is 0.119 e. The maximum Gasteiger partial charge on any atom is 0.119 e. The number of hydrogen-bond acceptors (Lipinski definition) is 2. The van der Waals surface area contributed by atoms with Gasteiger partial charge in [-0.3, -0.25) is 0 Å². The van der Waals surface area contributed by atoms with Crippen molar-refractivity contribution in [2.24, 2.45) is 17.6 Å². The van der Waals surface area contributed by atoms with Gasteiger partial charge in [0.15, 0.2) is 0 Å². The summed E-state index contributed by atoms with van der Waals surface area (Å²) in [5.41, 5.74) is 5.77. The third kappa shape index (κ3) is 2.89. The van der Waals surface area contributed by atoms with Gasteiger partial charge in [0.05, 0.1) is 6.61 Å². The van der Waals surface area contributed by atoms with E-state index in [2.05, 4.69) is 0 Å². The monoisotopic (exact) mass is 239 g/mol. The van der Waals surface area contributed by atoms with Crippen molar-refractivity contribution in [1.82, 2.24) is 0 Å². The first-order valence-electron chi connectivity index (χ1n) is 5.88. The van der Waals surface area contributed by atoms with Crippen LogP contribution in [0.25, 0.3) is 0 Å². The zero-order valence-corrected chi connectivity index (χ0v) is 10.1. The minimum atomic E-state index is 0.504. The average molecular weight is 240 g/mol. The van der Waals surface area contributed by atoms with Crippen LogP contribution in [0.3, 0.4) is 0 Å². The zero-order chi connectivity index (χ0) is 11.4. The molecule has 3 heteroatoms. The van der Waals surface area contributed by atoms with Crippen molar-refractivity contribution in [3.63, 3.8) is 0 Å². The van der Waals surface area contributed by atoms with Crippen LogP contribution in [0, 0.1) is 11.8 Å². The first-order valence-corrected chi connectivity index (χ1v) is 6.26. The molecule has 1 aromatic rings. The van der Waals surface area contributed by atoms with Crippen LogP contribution in [0.15, 0.2) is 24.3 Å². The van der Waals surface area contributed by atoms with Gasteiger partial charge in [-0.15, -0.1) is 0 Å². The summed E-state index contributed by atoms with van der Waals surface area (Å²) in [5.74, 6) is 2.16. The number of benzene rings is 1. The Labute approximate surface area is 102 Å². The highest BCUT2D eigenvalue weighted by Gasteiger charge is 2.26. The summed E-state index contributed by atoms with van der Waals surface area (Å²) in [6, 6.07) is 7.49. The molecule has 0 heterocycles. The summed E-state index contributed by atoms with van der Waals surface area (Å²) >= 11 is 5.81. The minimum Gasteiger partial charge on any atom is -0.493 e. The first kappa shape index (κ1) is 11.7. The highest BCUT2D eigenvalue weighted by atomic mass is 35.5. The molecule has 16 heavy (non-hydrogen) atoms.